The van der Waals surface area contributed by atoms with Gasteiger partial charge in [-0.3, -0.25) is 4.79 Å². The van der Waals surface area contributed by atoms with Gasteiger partial charge >= 0.3 is 0 Å². The highest BCUT2D eigenvalue weighted by Gasteiger charge is 2.14. The summed E-state index contributed by atoms with van der Waals surface area (Å²) in [7, 11) is 0. The van der Waals surface area contributed by atoms with E-state index in [2.05, 4.69) is 27.3 Å². The minimum atomic E-state index is -0.140. The lowest BCUT2D eigenvalue weighted by Crippen LogP contribution is -2.29. The fourth-order valence-electron chi connectivity index (χ4n) is 3.39. The van der Waals surface area contributed by atoms with E-state index in [9.17, 15) is 4.79 Å². The van der Waals surface area contributed by atoms with Gasteiger partial charge in [-0.15, -0.1) is 0 Å². The van der Waals surface area contributed by atoms with Gasteiger partial charge in [-0.2, -0.15) is 0 Å². The molecular formula is C20H20ClN3O. The molecule has 4 rings (SSSR count). The Kier molecular flexibility index (Phi) is 4.36. The predicted octanol–water partition coefficient (Wildman–Crippen LogP) is 5.06. The van der Waals surface area contributed by atoms with Gasteiger partial charge in [0.1, 0.15) is 0 Å². The number of nitrogens with one attached hydrogen (secondary N) is 2. The molecule has 1 aromatic heterocycles. The minimum absolute atomic E-state index is 0.140. The van der Waals surface area contributed by atoms with Crippen LogP contribution in [-0.4, -0.2) is 24.0 Å². The first-order valence-corrected chi connectivity index (χ1v) is 9.01. The van der Waals surface area contributed by atoms with Crippen LogP contribution in [-0.2, 0) is 0 Å². The summed E-state index contributed by atoms with van der Waals surface area (Å²) in [4.78, 5) is 18.1. The Morgan fingerprint density at radius 1 is 1.04 bits per heavy atom. The van der Waals surface area contributed by atoms with E-state index in [1.165, 1.54) is 24.9 Å². The highest BCUT2D eigenvalue weighted by molar-refractivity contribution is 6.31. The number of nitrogens with zero attached hydrogens (tertiary/aromatic N) is 1. The summed E-state index contributed by atoms with van der Waals surface area (Å²) < 4.78 is 0. The summed E-state index contributed by atoms with van der Waals surface area (Å²) in [5.74, 6) is -0.140. The lowest BCUT2D eigenvalue weighted by molar-refractivity contribution is 0.102. The van der Waals surface area contributed by atoms with Gasteiger partial charge in [0, 0.05) is 46.6 Å². The first-order chi connectivity index (χ1) is 12.2. The molecule has 1 aliphatic heterocycles. The summed E-state index contributed by atoms with van der Waals surface area (Å²) in [5.41, 5.74) is 3.51. The van der Waals surface area contributed by atoms with E-state index >= 15 is 0 Å². The Bertz CT molecular complexity index is 895. The molecule has 1 fully saturated rings. The lowest BCUT2D eigenvalue weighted by atomic mass is 10.1. The van der Waals surface area contributed by atoms with Crippen molar-refractivity contribution in [3.8, 4) is 0 Å². The summed E-state index contributed by atoms with van der Waals surface area (Å²) in [6.07, 6.45) is 5.54. The smallest absolute Gasteiger partial charge is 0.257 e. The first-order valence-electron chi connectivity index (χ1n) is 8.64. The number of amides is 1. The Morgan fingerprint density at radius 2 is 1.80 bits per heavy atom. The maximum absolute atomic E-state index is 12.6. The van der Waals surface area contributed by atoms with Crippen molar-refractivity contribution in [2.45, 2.75) is 19.3 Å². The third-order valence-electron chi connectivity index (χ3n) is 4.73. The molecule has 0 unspecified atom stereocenters. The molecule has 5 heteroatoms. The van der Waals surface area contributed by atoms with Crippen LogP contribution in [0.2, 0.25) is 5.02 Å². The fourth-order valence-corrected chi connectivity index (χ4v) is 3.56. The SMILES string of the molecule is O=C(Nc1ccc(N2CCCCC2)cc1)c1c[nH]c2ccc(Cl)cc12. The number of piperidine rings is 1. The molecule has 0 aliphatic carbocycles. The molecule has 0 spiro atoms. The molecule has 1 amide bonds. The zero-order valence-corrected chi connectivity index (χ0v) is 14.6. The van der Waals surface area contributed by atoms with Crippen molar-refractivity contribution in [1.82, 2.24) is 4.98 Å². The Morgan fingerprint density at radius 3 is 2.56 bits per heavy atom. The molecule has 1 saturated heterocycles. The average Bonchev–Trinajstić information content (AvgIpc) is 3.06. The number of hydrogen-bond acceptors (Lipinski definition) is 2. The van der Waals surface area contributed by atoms with Gasteiger partial charge in [0.25, 0.3) is 5.91 Å². The van der Waals surface area contributed by atoms with E-state index in [1.54, 1.807) is 12.3 Å². The number of hydrogen-bond donors (Lipinski definition) is 2. The largest absolute Gasteiger partial charge is 0.372 e. The summed E-state index contributed by atoms with van der Waals surface area (Å²) >= 11 is 6.05. The number of H-pyrrole nitrogens is 1. The Balaban J connectivity index is 1.51. The summed E-state index contributed by atoms with van der Waals surface area (Å²) in [6, 6.07) is 13.6. The number of aromatic amines is 1. The molecule has 128 valence electrons. The van der Waals surface area contributed by atoms with Crippen molar-refractivity contribution in [2.75, 3.05) is 23.3 Å². The average molecular weight is 354 g/mol. The number of rotatable bonds is 3. The van der Waals surface area contributed by atoms with E-state index in [0.717, 1.165) is 29.7 Å². The van der Waals surface area contributed by atoms with Crippen LogP contribution >= 0.6 is 11.6 Å². The Labute approximate surface area is 151 Å². The van der Waals surface area contributed by atoms with Gasteiger partial charge in [-0.25, -0.2) is 0 Å². The molecule has 0 atom stereocenters. The predicted molar refractivity (Wildman–Crippen MR) is 104 cm³/mol. The molecule has 2 heterocycles. The van der Waals surface area contributed by atoms with Gasteiger partial charge < -0.3 is 15.2 Å². The van der Waals surface area contributed by atoms with E-state index in [1.807, 2.05) is 24.3 Å². The van der Waals surface area contributed by atoms with E-state index in [-0.39, 0.29) is 5.91 Å². The molecular weight excluding hydrogens is 334 g/mol. The molecule has 0 bridgehead atoms. The zero-order valence-electron chi connectivity index (χ0n) is 13.9. The number of carbonyl (C=O) groups is 1. The maximum atomic E-state index is 12.6. The molecule has 2 N–H and O–H groups in total. The number of fused-ring (bicyclic) bond motifs is 1. The van der Waals surface area contributed by atoms with Crippen LogP contribution in [0.5, 0.6) is 0 Å². The molecule has 25 heavy (non-hydrogen) atoms. The fraction of sp³-hybridized carbons (Fsp3) is 0.250. The third-order valence-corrected chi connectivity index (χ3v) is 4.97. The van der Waals surface area contributed by atoms with E-state index < -0.39 is 0 Å². The summed E-state index contributed by atoms with van der Waals surface area (Å²) in [5, 5.41) is 4.41. The van der Waals surface area contributed by atoms with Gasteiger partial charge in [0.05, 0.1) is 5.56 Å². The van der Waals surface area contributed by atoms with Gasteiger partial charge in [-0.1, -0.05) is 11.6 Å². The molecule has 0 radical (unpaired) electrons. The van der Waals surface area contributed by atoms with Crippen LogP contribution < -0.4 is 10.2 Å². The molecule has 3 aromatic rings. The second-order valence-electron chi connectivity index (χ2n) is 6.44. The number of anilines is 2. The molecule has 4 nitrogen and oxygen atoms in total. The van der Waals surface area contributed by atoms with Gasteiger partial charge in [0.2, 0.25) is 0 Å². The van der Waals surface area contributed by atoms with Crippen molar-refractivity contribution in [3.05, 3.63) is 59.2 Å². The van der Waals surface area contributed by atoms with Crippen molar-refractivity contribution in [2.24, 2.45) is 0 Å². The van der Waals surface area contributed by atoms with E-state index in [0.29, 0.717) is 10.6 Å². The second-order valence-corrected chi connectivity index (χ2v) is 6.88. The number of carbonyl (C=O) groups excluding carboxylic acids is 1. The zero-order chi connectivity index (χ0) is 17.2. The molecule has 2 aromatic carbocycles. The molecule has 1 aliphatic rings. The quantitative estimate of drug-likeness (QED) is 0.691. The van der Waals surface area contributed by atoms with Crippen molar-refractivity contribution < 1.29 is 4.79 Å². The van der Waals surface area contributed by atoms with Gasteiger partial charge in [-0.05, 0) is 61.7 Å². The number of aromatic nitrogens is 1. The van der Waals surface area contributed by atoms with Crippen LogP contribution in [0, 0.1) is 0 Å². The van der Waals surface area contributed by atoms with Crippen LogP contribution in [0.4, 0.5) is 11.4 Å². The number of halogens is 1. The van der Waals surface area contributed by atoms with Crippen LogP contribution in [0.15, 0.2) is 48.7 Å². The van der Waals surface area contributed by atoms with Crippen LogP contribution in [0.3, 0.4) is 0 Å². The van der Waals surface area contributed by atoms with Gasteiger partial charge in [0.15, 0.2) is 0 Å². The standard InChI is InChI=1S/C20H20ClN3O/c21-14-4-9-19-17(12-14)18(13-22-19)20(25)23-15-5-7-16(8-6-15)24-10-2-1-3-11-24/h4-9,12-13,22H,1-3,10-11H2,(H,23,25). The Hall–Kier alpha value is -2.46. The van der Waals surface area contributed by atoms with Crippen LogP contribution in [0.25, 0.3) is 10.9 Å². The first kappa shape index (κ1) is 16.0. The second kappa shape index (κ2) is 6.81. The normalized spacial score (nSPS) is 14.7. The van der Waals surface area contributed by atoms with Crippen molar-refractivity contribution in [1.29, 1.82) is 0 Å². The lowest BCUT2D eigenvalue weighted by Gasteiger charge is -2.28. The highest BCUT2D eigenvalue weighted by atomic mass is 35.5. The van der Waals surface area contributed by atoms with Crippen LogP contribution in [0.1, 0.15) is 29.6 Å². The van der Waals surface area contributed by atoms with E-state index in [4.69, 9.17) is 11.6 Å². The molecule has 0 saturated carbocycles. The topological polar surface area (TPSA) is 48.1 Å². The third kappa shape index (κ3) is 3.35. The van der Waals surface area contributed by atoms with Crippen molar-refractivity contribution >= 4 is 39.8 Å². The summed E-state index contributed by atoms with van der Waals surface area (Å²) in [6.45, 7) is 2.23. The number of benzene rings is 2. The highest BCUT2D eigenvalue weighted by Crippen LogP contribution is 2.25. The van der Waals surface area contributed by atoms with Crippen molar-refractivity contribution in [3.63, 3.8) is 0 Å². The monoisotopic (exact) mass is 353 g/mol. The maximum Gasteiger partial charge on any atom is 0.257 e. The minimum Gasteiger partial charge on any atom is -0.372 e.